The van der Waals surface area contributed by atoms with E-state index >= 15 is 0 Å². The van der Waals surface area contributed by atoms with Gasteiger partial charge in [-0.3, -0.25) is 29.0 Å². The van der Waals surface area contributed by atoms with Gasteiger partial charge in [0.15, 0.2) is 46.5 Å². The molecule has 2 aromatic rings. The van der Waals surface area contributed by atoms with Gasteiger partial charge in [-0.2, -0.15) is 0 Å². The molecule has 0 spiro atoms. The molecule has 4 amide bonds. The molecule has 0 saturated carbocycles. The minimum atomic E-state index is -1.77. The van der Waals surface area contributed by atoms with Crippen LogP contribution in [0.4, 0.5) is 35.1 Å². The average Bonchev–Trinajstić information content (AvgIpc) is 3.45. The normalized spacial score (nSPS) is 16.6. The van der Waals surface area contributed by atoms with Gasteiger partial charge in [0.05, 0.1) is 0 Å². The zero-order chi connectivity index (χ0) is 38.7. The highest BCUT2D eigenvalue weighted by Crippen LogP contribution is 2.29. The number of halogens is 8. The van der Waals surface area contributed by atoms with Gasteiger partial charge in [0.1, 0.15) is 0 Å². The van der Waals surface area contributed by atoms with E-state index in [1.165, 1.54) is 9.80 Å². The van der Waals surface area contributed by atoms with Gasteiger partial charge in [-0.1, -0.05) is 27.7 Å². The molecule has 0 N–H and O–H groups in total. The van der Waals surface area contributed by atoms with Gasteiger partial charge in [0, 0.05) is 47.4 Å². The Balaban J connectivity index is 0.000000328. The summed E-state index contributed by atoms with van der Waals surface area (Å²) in [5.41, 5.74) is -2.90. The summed E-state index contributed by atoms with van der Waals surface area (Å²) in [5, 5.41) is 0. The molecule has 2 fully saturated rings. The van der Waals surface area contributed by atoms with Gasteiger partial charge in [0.2, 0.25) is 23.6 Å². The Hall–Kier alpha value is -3.84. The molecular formula is C35H44F8N2O4. The molecule has 274 valence electrons. The summed E-state index contributed by atoms with van der Waals surface area (Å²) >= 11 is 0. The summed E-state index contributed by atoms with van der Waals surface area (Å²) < 4.78 is 102. The molecule has 0 bridgehead atoms. The third-order valence-electron chi connectivity index (χ3n) is 7.38. The number of rotatable bonds is 0. The first-order chi connectivity index (χ1) is 22.0. The number of nitrogens with zero attached hydrogens (tertiary/aromatic N) is 2. The first kappa shape index (κ1) is 43.2. The monoisotopic (exact) mass is 708 g/mol. The maximum atomic E-state index is 13.2. The second kappa shape index (κ2) is 15.8. The van der Waals surface area contributed by atoms with Crippen LogP contribution in [0.2, 0.25) is 0 Å². The Labute approximate surface area is 281 Å². The maximum Gasteiger partial charge on any atom is 0.233 e. The van der Waals surface area contributed by atoms with Gasteiger partial charge < -0.3 is 0 Å². The predicted octanol–water partition coefficient (Wildman–Crippen LogP) is 8.51. The number of hydrogen-bond acceptors (Lipinski definition) is 4. The summed E-state index contributed by atoms with van der Waals surface area (Å²) in [6, 6.07) is 0.688. The number of imide groups is 2. The highest BCUT2D eigenvalue weighted by atomic mass is 19.2. The van der Waals surface area contributed by atoms with Crippen LogP contribution in [-0.4, -0.2) is 44.5 Å². The van der Waals surface area contributed by atoms with Crippen molar-refractivity contribution in [3.63, 3.8) is 0 Å². The maximum absolute atomic E-state index is 13.2. The molecule has 4 rings (SSSR count). The SMILES string of the molecule is CC(C)(C)N1C(=O)CCC1=O.CC(C)(C)c1cc(F)c(F)c(F)c1F.CC1CC(=O)N(C(C)(C)C)C1=O.Cc1c(F)c(F)c(C)c(F)c1F. The summed E-state index contributed by atoms with van der Waals surface area (Å²) in [4.78, 5) is 47.8. The summed E-state index contributed by atoms with van der Waals surface area (Å²) in [6.45, 7) is 19.8. The van der Waals surface area contributed by atoms with Crippen LogP contribution in [0.1, 0.15) is 105 Å². The van der Waals surface area contributed by atoms with Crippen LogP contribution >= 0.6 is 0 Å². The molecular weight excluding hydrogens is 664 g/mol. The van der Waals surface area contributed by atoms with Crippen molar-refractivity contribution in [3.8, 4) is 0 Å². The lowest BCUT2D eigenvalue weighted by molar-refractivity contribution is -0.145. The summed E-state index contributed by atoms with van der Waals surface area (Å²) in [6.07, 6.45) is 1.14. The Kier molecular flexibility index (Phi) is 13.9. The van der Waals surface area contributed by atoms with E-state index in [0.717, 1.165) is 13.8 Å². The summed E-state index contributed by atoms with van der Waals surface area (Å²) in [7, 11) is 0. The van der Waals surface area contributed by atoms with Crippen molar-refractivity contribution < 1.29 is 54.3 Å². The van der Waals surface area contributed by atoms with Crippen molar-refractivity contribution in [1.82, 2.24) is 9.80 Å². The van der Waals surface area contributed by atoms with Gasteiger partial charge >= 0.3 is 0 Å². The fourth-order valence-corrected chi connectivity index (χ4v) is 4.78. The molecule has 1 atom stereocenters. The highest BCUT2D eigenvalue weighted by Gasteiger charge is 2.41. The fraction of sp³-hybridized carbons (Fsp3) is 0.543. The molecule has 1 unspecified atom stereocenters. The molecule has 2 saturated heterocycles. The zero-order valence-electron chi connectivity index (χ0n) is 29.8. The number of amides is 4. The van der Waals surface area contributed by atoms with E-state index in [4.69, 9.17) is 0 Å². The van der Waals surface area contributed by atoms with Crippen LogP contribution in [0.3, 0.4) is 0 Å². The molecule has 2 heterocycles. The molecule has 6 nitrogen and oxygen atoms in total. The van der Waals surface area contributed by atoms with Crippen LogP contribution in [0.15, 0.2) is 6.07 Å². The molecule has 49 heavy (non-hydrogen) atoms. The second-order valence-electron chi connectivity index (χ2n) is 14.7. The van der Waals surface area contributed by atoms with E-state index in [0.29, 0.717) is 25.3 Å². The van der Waals surface area contributed by atoms with Gasteiger partial charge in [-0.25, -0.2) is 35.1 Å². The lowest BCUT2D eigenvalue weighted by atomic mass is 9.86. The van der Waals surface area contributed by atoms with Crippen molar-refractivity contribution in [2.45, 2.75) is 119 Å². The predicted molar refractivity (Wildman–Crippen MR) is 167 cm³/mol. The van der Waals surface area contributed by atoms with E-state index < -0.39 is 63.1 Å². The minimum absolute atomic E-state index is 0.0347. The van der Waals surface area contributed by atoms with Crippen LogP contribution in [0.25, 0.3) is 0 Å². The second-order valence-corrected chi connectivity index (χ2v) is 14.7. The quantitative estimate of drug-likeness (QED) is 0.119. The first-order valence-electron chi connectivity index (χ1n) is 15.3. The molecule has 14 heteroatoms. The third-order valence-corrected chi connectivity index (χ3v) is 7.38. The number of likely N-dealkylation sites (tertiary alicyclic amines) is 2. The van der Waals surface area contributed by atoms with Gasteiger partial charge in [-0.05, 0) is 72.4 Å². The fourth-order valence-electron chi connectivity index (χ4n) is 4.78. The Bertz CT molecular complexity index is 1480. The minimum Gasteiger partial charge on any atom is -0.277 e. The van der Waals surface area contributed by atoms with Crippen LogP contribution in [-0.2, 0) is 24.6 Å². The lowest BCUT2D eigenvalue weighted by Crippen LogP contribution is -2.45. The average molecular weight is 709 g/mol. The lowest BCUT2D eigenvalue weighted by Gasteiger charge is -2.29. The van der Waals surface area contributed by atoms with Gasteiger partial charge in [-0.15, -0.1) is 0 Å². The van der Waals surface area contributed by atoms with E-state index in [1.807, 2.05) is 41.5 Å². The Morgan fingerprint density at radius 1 is 0.551 bits per heavy atom. The molecule has 0 aliphatic carbocycles. The van der Waals surface area contributed by atoms with E-state index in [1.54, 1.807) is 27.7 Å². The van der Waals surface area contributed by atoms with Crippen molar-refractivity contribution in [1.29, 1.82) is 0 Å². The number of hydrogen-bond donors (Lipinski definition) is 0. The summed E-state index contributed by atoms with van der Waals surface area (Å²) in [5.74, 6) is -11.8. The Morgan fingerprint density at radius 2 is 0.918 bits per heavy atom. The van der Waals surface area contributed by atoms with Crippen molar-refractivity contribution >= 4 is 23.6 Å². The first-order valence-corrected chi connectivity index (χ1v) is 15.3. The number of carbonyl (C=O) groups excluding carboxylic acids is 4. The molecule has 0 aromatic heterocycles. The largest absolute Gasteiger partial charge is 0.277 e. The van der Waals surface area contributed by atoms with E-state index in [-0.39, 0.29) is 46.2 Å². The van der Waals surface area contributed by atoms with Gasteiger partial charge in [0.25, 0.3) is 0 Å². The van der Waals surface area contributed by atoms with Crippen LogP contribution < -0.4 is 0 Å². The smallest absolute Gasteiger partial charge is 0.233 e. The van der Waals surface area contributed by atoms with Crippen molar-refractivity contribution in [3.05, 3.63) is 69.3 Å². The number of carbonyl (C=O) groups is 4. The molecule has 2 aliphatic heterocycles. The standard InChI is InChI=1S/C10H10F4.C9H15NO2.C8H6F4.C8H13NO2/c1-10(2,3)5-4-6(11)8(13)9(14)7(5)12;1-6-5-7(11)10(8(6)12)9(2,3)4;1-3-5(9)7(11)4(2)8(12)6(3)10;1-8(2,3)9-6(10)4-5-7(9)11/h4H,1-3H3;6H,5H2,1-4H3;1-2H3;4-5H2,1-3H3. The Morgan fingerprint density at radius 3 is 1.16 bits per heavy atom. The molecule has 2 aromatic carbocycles. The van der Waals surface area contributed by atoms with E-state index in [9.17, 15) is 54.3 Å². The molecule has 0 radical (unpaired) electrons. The van der Waals surface area contributed by atoms with E-state index in [2.05, 4.69) is 0 Å². The topological polar surface area (TPSA) is 74.8 Å². The third kappa shape index (κ3) is 10.3. The highest BCUT2D eigenvalue weighted by molar-refractivity contribution is 6.04. The van der Waals surface area contributed by atoms with Crippen LogP contribution in [0, 0.1) is 66.3 Å². The van der Waals surface area contributed by atoms with Crippen LogP contribution in [0.5, 0.6) is 0 Å². The molecule has 2 aliphatic rings. The van der Waals surface area contributed by atoms with Crippen molar-refractivity contribution in [2.24, 2.45) is 5.92 Å². The van der Waals surface area contributed by atoms with Crippen molar-refractivity contribution in [2.75, 3.05) is 0 Å². The zero-order valence-corrected chi connectivity index (χ0v) is 29.8. The number of benzene rings is 2.